The highest BCUT2D eigenvalue weighted by molar-refractivity contribution is 7.19. The van der Waals surface area contributed by atoms with Gasteiger partial charge in [0.2, 0.25) is 11.7 Å². The van der Waals surface area contributed by atoms with Crippen LogP contribution >= 0.6 is 11.3 Å². The van der Waals surface area contributed by atoms with Crippen molar-refractivity contribution in [1.29, 1.82) is 0 Å². The van der Waals surface area contributed by atoms with Gasteiger partial charge in [-0.15, -0.1) is 11.3 Å². The van der Waals surface area contributed by atoms with Crippen molar-refractivity contribution in [2.75, 3.05) is 4.90 Å². The molecule has 26 heavy (non-hydrogen) atoms. The standard InChI is InChI=1S/C17H12F3N3O2S/c18-17(19,20)16-21-15(22-25-16)12-7-9-14(26-12)23-11(6-8-13(23)24)10-4-2-1-3-5-10/h1-5,7,9,11H,6,8H2. The fourth-order valence-corrected chi connectivity index (χ4v) is 3.97. The largest absolute Gasteiger partial charge is 0.471 e. The van der Waals surface area contributed by atoms with Crippen LogP contribution < -0.4 is 4.90 Å². The van der Waals surface area contributed by atoms with Crippen LogP contribution in [0, 0.1) is 0 Å². The van der Waals surface area contributed by atoms with Gasteiger partial charge in [0.15, 0.2) is 0 Å². The van der Waals surface area contributed by atoms with Gasteiger partial charge in [-0.2, -0.15) is 18.2 Å². The Morgan fingerprint density at radius 3 is 2.62 bits per heavy atom. The maximum atomic E-state index is 12.6. The predicted molar refractivity (Wildman–Crippen MR) is 88.5 cm³/mol. The van der Waals surface area contributed by atoms with Gasteiger partial charge in [-0.05, 0) is 24.1 Å². The number of nitrogens with zero attached hydrogens (tertiary/aromatic N) is 3. The molecule has 2 aromatic heterocycles. The molecule has 1 aliphatic heterocycles. The molecular formula is C17H12F3N3O2S. The molecule has 0 radical (unpaired) electrons. The molecule has 1 atom stereocenters. The molecular weight excluding hydrogens is 367 g/mol. The minimum absolute atomic E-state index is 0.0173. The average Bonchev–Trinajstić information content (AvgIpc) is 3.33. The van der Waals surface area contributed by atoms with Crippen LogP contribution in [-0.2, 0) is 11.0 Å². The van der Waals surface area contributed by atoms with Crippen LogP contribution in [0.4, 0.5) is 18.2 Å². The molecule has 1 amide bonds. The van der Waals surface area contributed by atoms with Crippen LogP contribution in [0.3, 0.4) is 0 Å². The normalized spacial score (nSPS) is 17.9. The average molecular weight is 379 g/mol. The Morgan fingerprint density at radius 2 is 1.92 bits per heavy atom. The fraction of sp³-hybridized carbons (Fsp3) is 0.235. The Hall–Kier alpha value is -2.68. The Kier molecular flexibility index (Phi) is 4.03. The first-order valence-electron chi connectivity index (χ1n) is 7.81. The molecule has 0 aliphatic carbocycles. The predicted octanol–water partition coefficient (Wildman–Crippen LogP) is 4.69. The van der Waals surface area contributed by atoms with Crippen molar-refractivity contribution in [3.8, 4) is 10.7 Å². The van der Waals surface area contributed by atoms with E-state index in [1.165, 1.54) is 0 Å². The summed E-state index contributed by atoms with van der Waals surface area (Å²) in [5.41, 5.74) is 1.02. The third-order valence-corrected chi connectivity index (χ3v) is 5.19. The van der Waals surface area contributed by atoms with Crippen molar-refractivity contribution in [3.05, 3.63) is 53.9 Å². The van der Waals surface area contributed by atoms with Gasteiger partial charge in [-0.1, -0.05) is 35.5 Å². The molecule has 3 aromatic rings. The Balaban J connectivity index is 1.64. The van der Waals surface area contributed by atoms with E-state index in [0.29, 0.717) is 22.7 Å². The topological polar surface area (TPSA) is 59.2 Å². The number of carbonyl (C=O) groups excluding carboxylic acids is 1. The molecule has 0 N–H and O–H groups in total. The lowest BCUT2D eigenvalue weighted by Gasteiger charge is -2.23. The second kappa shape index (κ2) is 6.24. The summed E-state index contributed by atoms with van der Waals surface area (Å²) in [5, 5.41) is 4.04. The van der Waals surface area contributed by atoms with E-state index >= 15 is 0 Å². The molecule has 5 nitrogen and oxygen atoms in total. The highest BCUT2D eigenvalue weighted by Gasteiger charge is 2.39. The number of hydrogen-bond acceptors (Lipinski definition) is 5. The van der Waals surface area contributed by atoms with Gasteiger partial charge in [0, 0.05) is 6.42 Å². The van der Waals surface area contributed by atoms with Gasteiger partial charge in [-0.3, -0.25) is 9.69 Å². The van der Waals surface area contributed by atoms with Crippen LogP contribution in [0.5, 0.6) is 0 Å². The minimum Gasteiger partial charge on any atom is -0.329 e. The molecule has 134 valence electrons. The van der Waals surface area contributed by atoms with E-state index in [9.17, 15) is 18.0 Å². The van der Waals surface area contributed by atoms with E-state index in [-0.39, 0.29) is 17.8 Å². The number of thiophene rings is 1. The maximum Gasteiger partial charge on any atom is 0.471 e. The summed E-state index contributed by atoms with van der Waals surface area (Å²) in [5.74, 6) is -1.55. The Labute approximate surface area is 150 Å². The van der Waals surface area contributed by atoms with Crippen molar-refractivity contribution in [3.63, 3.8) is 0 Å². The van der Waals surface area contributed by atoms with Crippen LogP contribution in [0.1, 0.15) is 30.3 Å². The number of halogens is 3. The van der Waals surface area contributed by atoms with E-state index in [1.807, 2.05) is 30.3 Å². The van der Waals surface area contributed by atoms with Crippen molar-refractivity contribution in [2.45, 2.75) is 25.1 Å². The number of anilines is 1. The zero-order valence-electron chi connectivity index (χ0n) is 13.2. The quantitative estimate of drug-likeness (QED) is 0.663. The van der Waals surface area contributed by atoms with E-state index < -0.39 is 12.1 Å². The fourth-order valence-electron chi connectivity index (χ4n) is 2.97. The van der Waals surface area contributed by atoms with Gasteiger partial charge >= 0.3 is 12.1 Å². The second-order valence-electron chi connectivity index (χ2n) is 5.79. The number of hydrogen-bond donors (Lipinski definition) is 0. The molecule has 3 heterocycles. The molecule has 9 heteroatoms. The SMILES string of the molecule is O=C1CCC(c2ccccc2)N1c1ccc(-c2noc(C(F)(F)F)n2)s1. The van der Waals surface area contributed by atoms with Crippen LogP contribution in [0.25, 0.3) is 10.7 Å². The van der Waals surface area contributed by atoms with Crippen LogP contribution in [-0.4, -0.2) is 16.0 Å². The maximum absolute atomic E-state index is 12.6. The summed E-state index contributed by atoms with van der Waals surface area (Å²) >= 11 is 1.16. The smallest absolute Gasteiger partial charge is 0.329 e. The molecule has 4 rings (SSSR count). The lowest BCUT2D eigenvalue weighted by atomic mass is 10.1. The van der Waals surface area contributed by atoms with Crippen LogP contribution in [0.15, 0.2) is 47.0 Å². The van der Waals surface area contributed by atoms with Gasteiger partial charge in [-0.25, -0.2) is 0 Å². The number of benzene rings is 1. The number of rotatable bonds is 3. The molecule has 0 bridgehead atoms. The second-order valence-corrected chi connectivity index (χ2v) is 6.85. The van der Waals surface area contributed by atoms with E-state index in [2.05, 4.69) is 14.7 Å². The number of alkyl halides is 3. The summed E-state index contributed by atoms with van der Waals surface area (Å²) in [6.07, 6.45) is -3.57. The minimum atomic E-state index is -4.69. The third-order valence-electron chi connectivity index (χ3n) is 4.11. The third kappa shape index (κ3) is 2.98. The summed E-state index contributed by atoms with van der Waals surface area (Å²) in [6, 6.07) is 12.8. The van der Waals surface area contributed by atoms with Crippen molar-refractivity contribution in [1.82, 2.24) is 10.1 Å². The highest BCUT2D eigenvalue weighted by atomic mass is 32.1. The van der Waals surface area contributed by atoms with Crippen molar-refractivity contribution in [2.24, 2.45) is 0 Å². The lowest BCUT2D eigenvalue weighted by molar-refractivity contribution is -0.159. The van der Waals surface area contributed by atoms with Crippen molar-refractivity contribution >= 4 is 22.2 Å². The number of aromatic nitrogens is 2. The Bertz CT molecular complexity index is 936. The van der Waals surface area contributed by atoms with Crippen LogP contribution in [0.2, 0.25) is 0 Å². The summed E-state index contributed by atoms with van der Waals surface area (Å²) in [4.78, 5) is 17.9. The molecule has 0 spiro atoms. The van der Waals surface area contributed by atoms with E-state index in [0.717, 1.165) is 16.9 Å². The zero-order chi connectivity index (χ0) is 18.3. The van der Waals surface area contributed by atoms with E-state index in [4.69, 9.17) is 0 Å². The molecule has 1 unspecified atom stereocenters. The molecule has 1 aromatic carbocycles. The first-order chi connectivity index (χ1) is 12.4. The monoisotopic (exact) mass is 379 g/mol. The van der Waals surface area contributed by atoms with Gasteiger partial charge in [0.1, 0.15) is 0 Å². The number of amides is 1. The summed E-state index contributed by atoms with van der Waals surface area (Å²) < 4.78 is 42.1. The Morgan fingerprint density at radius 1 is 1.15 bits per heavy atom. The molecule has 1 fully saturated rings. The molecule has 1 saturated heterocycles. The highest BCUT2D eigenvalue weighted by Crippen LogP contribution is 2.42. The summed E-state index contributed by atoms with van der Waals surface area (Å²) in [7, 11) is 0. The first kappa shape index (κ1) is 16.8. The first-order valence-corrected chi connectivity index (χ1v) is 8.63. The van der Waals surface area contributed by atoms with Gasteiger partial charge in [0.25, 0.3) is 0 Å². The van der Waals surface area contributed by atoms with Gasteiger partial charge < -0.3 is 4.52 Å². The lowest BCUT2D eigenvalue weighted by Crippen LogP contribution is -2.26. The molecule has 0 saturated carbocycles. The molecule has 1 aliphatic rings. The zero-order valence-corrected chi connectivity index (χ0v) is 14.0. The number of carbonyl (C=O) groups is 1. The van der Waals surface area contributed by atoms with Gasteiger partial charge in [0.05, 0.1) is 15.9 Å². The summed E-state index contributed by atoms with van der Waals surface area (Å²) in [6.45, 7) is 0. The van der Waals surface area contributed by atoms with E-state index in [1.54, 1.807) is 17.0 Å². The van der Waals surface area contributed by atoms with Crippen molar-refractivity contribution < 1.29 is 22.5 Å².